The van der Waals surface area contributed by atoms with Crippen LogP contribution < -0.4 is 5.73 Å². The van der Waals surface area contributed by atoms with Crippen molar-refractivity contribution >= 4 is 64.3 Å². The molecule has 1 aromatic heterocycles. The van der Waals surface area contributed by atoms with Gasteiger partial charge in [-0.3, -0.25) is 24.2 Å². The van der Waals surface area contributed by atoms with E-state index in [1.807, 2.05) is 6.92 Å². The molecule has 2 aliphatic heterocycles. The van der Waals surface area contributed by atoms with Gasteiger partial charge in [0.2, 0.25) is 0 Å². The maximum atomic E-state index is 13.9. The fraction of sp³-hybridized carbons (Fsp3) is 0.222. The van der Waals surface area contributed by atoms with Gasteiger partial charge in [-0.15, -0.1) is 22.0 Å². The van der Waals surface area contributed by atoms with Crippen molar-refractivity contribution in [2.75, 3.05) is 11.5 Å². The van der Waals surface area contributed by atoms with Gasteiger partial charge in [-0.1, -0.05) is 88.9 Å². The molecule has 0 spiro atoms. The number of imide groups is 1. The number of rotatable bonds is 9. The number of carbonyl (C=O) groups excluding carboxylic acids is 3. The first-order valence-electron chi connectivity index (χ1n) is 12.5. The fourth-order valence-electron chi connectivity index (χ4n) is 4.61. The van der Waals surface area contributed by atoms with Crippen molar-refractivity contribution in [3.63, 3.8) is 0 Å². The van der Waals surface area contributed by atoms with Crippen LogP contribution in [0.1, 0.15) is 22.2 Å². The van der Waals surface area contributed by atoms with Crippen LogP contribution in [0.3, 0.4) is 0 Å². The van der Waals surface area contributed by atoms with Crippen molar-refractivity contribution in [3.05, 3.63) is 88.1 Å². The van der Waals surface area contributed by atoms with Gasteiger partial charge in [0.1, 0.15) is 28.2 Å². The first-order valence-corrected chi connectivity index (χ1v) is 15.4. The minimum Gasteiger partial charge on any atom is -0.477 e. The van der Waals surface area contributed by atoms with Gasteiger partial charge in [-0.25, -0.2) is 4.79 Å². The van der Waals surface area contributed by atoms with E-state index >= 15 is 0 Å². The van der Waals surface area contributed by atoms with Gasteiger partial charge in [-0.05, 0) is 18.1 Å². The average Bonchev–Trinajstić information content (AvgIpc) is 3.43. The molecule has 2 aliphatic rings. The van der Waals surface area contributed by atoms with Crippen LogP contribution in [-0.2, 0) is 19.2 Å². The van der Waals surface area contributed by atoms with E-state index in [-0.39, 0.29) is 22.8 Å². The van der Waals surface area contributed by atoms with Crippen molar-refractivity contribution in [1.29, 1.82) is 0 Å². The Kier molecular flexibility index (Phi) is 8.72. The van der Waals surface area contributed by atoms with Gasteiger partial charge >= 0.3 is 5.97 Å². The number of nitrogens with two attached hydrogens (primary N) is 1. The van der Waals surface area contributed by atoms with E-state index in [1.165, 1.54) is 47.0 Å². The number of β-lactam (4-membered cyclic amide) rings is 1. The summed E-state index contributed by atoms with van der Waals surface area (Å²) in [6.07, 6.45) is 0. The number of carboxylic acids is 1. The Morgan fingerprint density at radius 2 is 1.81 bits per heavy atom. The van der Waals surface area contributed by atoms with Gasteiger partial charge < -0.3 is 16.0 Å². The van der Waals surface area contributed by atoms with E-state index in [9.17, 15) is 29.5 Å². The number of aryl methyl sites for hydroxylation is 1. The SMILES string of the molecule is Cc1nnc(SCC2=C(C(=O)O)N3C(=O)C(N(C(=O)C(=NO)c4ccccc4)C(=O)[C@H](N)c4ccccc4)[C@H]3SC2)s1. The van der Waals surface area contributed by atoms with Crippen LogP contribution in [0.4, 0.5) is 0 Å². The highest BCUT2D eigenvalue weighted by Crippen LogP contribution is 2.44. The van der Waals surface area contributed by atoms with E-state index < -0.39 is 46.9 Å². The van der Waals surface area contributed by atoms with Crippen molar-refractivity contribution in [2.24, 2.45) is 10.9 Å². The first kappa shape index (κ1) is 29.4. The maximum Gasteiger partial charge on any atom is 0.352 e. The number of hydrogen-bond acceptors (Lipinski definition) is 12. The third-order valence-electron chi connectivity index (χ3n) is 6.61. The Bertz CT molecular complexity index is 1600. The predicted octanol–water partition coefficient (Wildman–Crippen LogP) is 2.49. The lowest BCUT2D eigenvalue weighted by atomic mass is 9.97. The number of thioether (sulfide) groups is 2. The van der Waals surface area contributed by atoms with Crippen LogP contribution in [0.15, 0.2) is 81.4 Å². The second-order valence-electron chi connectivity index (χ2n) is 9.20. The molecule has 2 aromatic carbocycles. The predicted molar refractivity (Wildman–Crippen MR) is 157 cm³/mol. The van der Waals surface area contributed by atoms with Gasteiger partial charge in [0.05, 0.1) is 0 Å². The van der Waals surface area contributed by atoms with Crippen LogP contribution in [0.5, 0.6) is 0 Å². The van der Waals surface area contributed by atoms with E-state index in [1.54, 1.807) is 48.5 Å². The molecular formula is C27H24N6O6S3. The fourth-order valence-corrected chi connectivity index (χ4v) is 7.96. The molecule has 3 atom stereocenters. The Morgan fingerprint density at radius 1 is 1.14 bits per heavy atom. The Hall–Kier alpha value is -4.05. The summed E-state index contributed by atoms with van der Waals surface area (Å²) in [5.74, 6) is -3.49. The Labute approximate surface area is 252 Å². The lowest BCUT2D eigenvalue weighted by molar-refractivity contribution is -0.164. The molecule has 3 aromatic rings. The minimum absolute atomic E-state index is 0.194. The summed E-state index contributed by atoms with van der Waals surface area (Å²) >= 11 is 3.92. The van der Waals surface area contributed by atoms with Crippen molar-refractivity contribution in [3.8, 4) is 0 Å². The van der Waals surface area contributed by atoms with Crippen molar-refractivity contribution < 1.29 is 29.5 Å². The molecule has 15 heteroatoms. The molecule has 0 bridgehead atoms. The smallest absolute Gasteiger partial charge is 0.352 e. The highest BCUT2D eigenvalue weighted by molar-refractivity contribution is 8.01. The van der Waals surface area contributed by atoms with Crippen LogP contribution in [0, 0.1) is 6.92 Å². The standard InChI is InChI=1S/C27H24N6O6S3/c1-14-29-30-27(42-14)41-13-17-12-40-25-21(24(36)33(25)20(17)26(37)38)32(22(34)18(28)15-8-4-2-5-9-15)23(35)19(31-39)16-10-6-3-7-11-16/h2-11,18,21,25,39H,12-13,28H2,1H3,(H,37,38)/t18-,21?,25-/m1/s1. The van der Waals surface area contributed by atoms with Crippen LogP contribution in [-0.4, -0.2) is 82.6 Å². The third kappa shape index (κ3) is 5.55. The van der Waals surface area contributed by atoms with Crippen LogP contribution in [0.2, 0.25) is 0 Å². The molecule has 0 saturated carbocycles. The number of benzene rings is 2. The number of nitrogens with zero attached hydrogens (tertiary/aromatic N) is 5. The number of fused-ring (bicyclic) bond motifs is 1. The van der Waals surface area contributed by atoms with Gasteiger partial charge in [-0.2, -0.15) is 0 Å². The molecule has 0 radical (unpaired) electrons. The van der Waals surface area contributed by atoms with Crippen LogP contribution in [0.25, 0.3) is 0 Å². The summed E-state index contributed by atoms with van der Waals surface area (Å²) in [6.45, 7) is 1.81. The zero-order valence-corrected chi connectivity index (χ0v) is 24.4. The number of oxime groups is 1. The summed E-state index contributed by atoms with van der Waals surface area (Å²) in [7, 11) is 0. The molecular weight excluding hydrogens is 601 g/mol. The van der Waals surface area contributed by atoms with Gasteiger partial charge in [0.15, 0.2) is 10.1 Å². The molecule has 12 nitrogen and oxygen atoms in total. The molecule has 1 unspecified atom stereocenters. The second kappa shape index (κ2) is 12.4. The number of aliphatic carboxylic acids is 1. The largest absolute Gasteiger partial charge is 0.477 e. The highest BCUT2D eigenvalue weighted by Gasteiger charge is 2.59. The van der Waals surface area contributed by atoms with Crippen molar-refractivity contribution in [2.45, 2.75) is 28.7 Å². The van der Waals surface area contributed by atoms with Crippen molar-refractivity contribution in [1.82, 2.24) is 20.0 Å². The molecule has 216 valence electrons. The number of carbonyl (C=O) groups is 4. The molecule has 42 heavy (non-hydrogen) atoms. The quantitative estimate of drug-likeness (QED) is 0.105. The number of carboxylic acid groups (broad SMARTS) is 1. The summed E-state index contributed by atoms with van der Waals surface area (Å²) in [5.41, 5.74) is 6.75. The Morgan fingerprint density at radius 3 is 2.40 bits per heavy atom. The lowest BCUT2D eigenvalue weighted by Crippen LogP contribution is -2.73. The lowest BCUT2D eigenvalue weighted by Gasteiger charge is -2.52. The molecule has 3 amide bonds. The molecule has 3 heterocycles. The zero-order valence-electron chi connectivity index (χ0n) is 22.0. The Balaban J connectivity index is 1.49. The highest BCUT2D eigenvalue weighted by atomic mass is 32.2. The zero-order chi connectivity index (χ0) is 30.0. The monoisotopic (exact) mass is 624 g/mol. The summed E-state index contributed by atoms with van der Waals surface area (Å²) in [6, 6.07) is 13.6. The summed E-state index contributed by atoms with van der Waals surface area (Å²) in [5, 5.41) is 31.0. The van der Waals surface area contributed by atoms with Crippen LogP contribution >= 0.6 is 34.9 Å². The molecule has 0 aliphatic carbocycles. The topological polar surface area (TPSA) is 179 Å². The third-order valence-corrected chi connectivity index (χ3v) is 9.99. The van der Waals surface area contributed by atoms with Gasteiger partial charge in [0, 0.05) is 17.1 Å². The minimum atomic E-state index is -1.38. The molecule has 1 fully saturated rings. The average molecular weight is 625 g/mol. The number of aromatic nitrogens is 2. The van der Waals surface area contributed by atoms with E-state index in [4.69, 9.17) is 5.73 Å². The maximum absolute atomic E-state index is 13.9. The molecule has 5 rings (SSSR count). The first-order chi connectivity index (χ1) is 20.2. The number of amides is 3. The van der Waals surface area contributed by atoms with Gasteiger partial charge in [0.25, 0.3) is 17.7 Å². The molecule has 1 saturated heterocycles. The molecule has 4 N–H and O–H groups in total. The van der Waals surface area contributed by atoms with E-state index in [2.05, 4.69) is 15.4 Å². The normalized spacial score (nSPS) is 19.1. The van der Waals surface area contributed by atoms with E-state index in [0.717, 1.165) is 9.91 Å². The number of hydrogen-bond donors (Lipinski definition) is 3. The van der Waals surface area contributed by atoms with E-state index in [0.29, 0.717) is 20.4 Å². The summed E-state index contributed by atoms with van der Waals surface area (Å²) in [4.78, 5) is 55.6. The second-order valence-corrected chi connectivity index (χ2v) is 12.7. The summed E-state index contributed by atoms with van der Waals surface area (Å²) < 4.78 is 0.665.